The third kappa shape index (κ3) is 2.36. The molecule has 3 heterocycles. The average Bonchev–Trinajstić information content (AvgIpc) is 3.00. The van der Waals surface area contributed by atoms with Crippen molar-refractivity contribution in [2.24, 2.45) is 0 Å². The maximum atomic E-state index is 4.43. The molecule has 0 aliphatic heterocycles. The quantitative estimate of drug-likeness (QED) is 0.694. The van der Waals surface area contributed by atoms with Crippen molar-refractivity contribution >= 4 is 38.6 Å². The van der Waals surface area contributed by atoms with Gasteiger partial charge in [0.25, 0.3) is 0 Å². The van der Waals surface area contributed by atoms with Crippen molar-refractivity contribution in [3.05, 3.63) is 50.7 Å². The Labute approximate surface area is 116 Å². The summed E-state index contributed by atoms with van der Waals surface area (Å²) in [6, 6.07) is 6.32. The Bertz CT molecular complexity index is 610. The Kier molecular flexibility index (Phi) is 3.13. The molecule has 86 valence electrons. The first-order chi connectivity index (χ1) is 8.33. The van der Waals surface area contributed by atoms with Crippen molar-refractivity contribution in [2.45, 2.75) is 6.54 Å². The molecule has 0 unspecified atom stereocenters. The van der Waals surface area contributed by atoms with Crippen LogP contribution >= 0.6 is 38.6 Å². The fraction of sp³-hybridized carbons (Fsp3) is 0.0833. The molecule has 2 nitrogen and oxygen atoms in total. The van der Waals surface area contributed by atoms with Gasteiger partial charge in [0.1, 0.15) is 5.82 Å². The first-order valence-corrected chi connectivity index (χ1v) is 7.66. The highest BCUT2D eigenvalue weighted by Gasteiger charge is 2.08. The molecular weight excluding hydrogens is 316 g/mol. The van der Waals surface area contributed by atoms with Crippen LogP contribution in [0.25, 0.3) is 10.7 Å². The van der Waals surface area contributed by atoms with Crippen LogP contribution in [-0.2, 0) is 6.54 Å². The zero-order valence-electron chi connectivity index (χ0n) is 8.84. The highest BCUT2D eigenvalue weighted by molar-refractivity contribution is 9.10. The zero-order valence-corrected chi connectivity index (χ0v) is 12.1. The first kappa shape index (κ1) is 11.2. The molecule has 0 fully saturated rings. The zero-order chi connectivity index (χ0) is 11.7. The van der Waals surface area contributed by atoms with E-state index in [0.29, 0.717) is 0 Å². The minimum Gasteiger partial charge on any atom is -0.325 e. The van der Waals surface area contributed by atoms with Gasteiger partial charge in [-0.25, -0.2) is 4.98 Å². The lowest BCUT2D eigenvalue weighted by atomic mass is 10.4. The summed E-state index contributed by atoms with van der Waals surface area (Å²) < 4.78 is 3.33. The summed E-state index contributed by atoms with van der Waals surface area (Å²) in [4.78, 5) is 6.97. The van der Waals surface area contributed by atoms with Crippen molar-refractivity contribution in [1.29, 1.82) is 0 Å². The third-order valence-electron chi connectivity index (χ3n) is 2.40. The topological polar surface area (TPSA) is 17.8 Å². The van der Waals surface area contributed by atoms with E-state index in [0.717, 1.165) is 16.8 Å². The summed E-state index contributed by atoms with van der Waals surface area (Å²) in [5.41, 5.74) is 0. The Balaban J connectivity index is 1.92. The molecule has 0 spiro atoms. The number of hydrogen-bond acceptors (Lipinski definition) is 3. The maximum Gasteiger partial charge on any atom is 0.150 e. The van der Waals surface area contributed by atoms with Gasteiger partial charge in [-0.1, -0.05) is 6.07 Å². The van der Waals surface area contributed by atoms with E-state index in [1.54, 1.807) is 22.7 Å². The summed E-state index contributed by atoms with van der Waals surface area (Å²) >= 11 is 6.96. The van der Waals surface area contributed by atoms with Crippen LogP contribution < -0.4 is 0 Å². The van der Waals surface area contributed by atoms with Crippen LogP contribution in [0, 0.1) is 0 Å². The molecule has 0 amide bonds. The summed E-state index contributed by atoms with van der Waals surface area (Å²) in [6.45, 7) is 0.878. The first-order valence-electron chi connectivity index (χ1n) is 5.11. The van der Waals surface area contributed by atoms with Crippen LogP contribution in [0.3, 0.4) is 0 Å². The van der Waals surface area contributed by atoms with E-state index in [2.05, 4.69) is 54.4 Å². The van der Waals surface area contributed by atoms with Gasteiger partial charge in [-0.05, 0) is 33.4 Å². The molecular formula is C12H9BrN2S2. The monoisotopic (exact) mass is 324 g/mol. The molecule has 3 rings (SSSR count). The van der Waals surface area contributed by atoms with E-state index in [9.17, 15) is 0 Å². The van der Waals surface area contributed by atoms with Gasteiger partial charge in [-0.3, -0.25) is 0 Å². The second-order valence-electron chi connectivity index (χ2n) is 3.59. The molecule has 5 heteroatoms. The van der Waals surface area contributed by atoms with Crippen LogP contribution in [0.5, 0.6) is 0 Å². The third-order valence-corrected chi connectivity index (χ3v) is 4.95. The van der Waals surface area contributed by atoms with Crippen LogP contribution in [0.1, 0.15) is 4.88 Å². The summed E-state index contributed by atoms with van der Waals surface area (Å²) in [7, 11) is 0. The van der Waals surface area contributed by atoms with Crippen molar-refractivity contribution in [3.8, 4) is 10.7 Å². The molecule has 0 bridgehead atoms. The number of thiophene rings is 2. The minimum atomic E-state index is 0.878. The molecule has 17 heavy (non-hydrogen) atoms. The SMILES string of the molecule is Brc1csc(Cn2ccnc2-c2cccs2)c1. The summed E-state index contributed by atoms with van der Waals surface area (Å²) in [5.74, 6) is 1.05. The Hall–Kier alpha value is -0.910. The molecule has 0 saturated heterocycles. The lowest BCUT2D eigenvalue weighted by molar-refractivity contribution is 0.821. The van der Waals surface area contributed by atoms with Gasteiger partial charge in [-0.15, -0.1) is 22.7 Å². The predicted molar refractivity (Wildman–Crippen MR) is 76.7 cm³/mol. The normalized spacial score (nSPS) is 10.9. The lowest BCUT2D eigenvalue weighted by Crippen LogP contribution is -1.98. The smallest absolute Gasteiger partial charge is 0.150 e. The Morgan fingerprint density at radius 2 is 2.29 bits per heavy atom. The number of halogens is 1. The number of aromatic nitrogens is 2. The van der Waals surface area contributed by atoms with Crippen LogP contribution in [0.4, 0.5) is 0 Å². The fourth-order valence-electron chi connectivity index (χ4n) is 1.67. The van der Waals surface area contributed by atoms with Crippen molar-refractivity contribution in [1.82, 2.24) is 9.55 Å². The molecule has 3 aromatic heterocycles. The molecule has 0 atom stereocenters. The van der Waals surface area contributed by atoms with Gasteiger partial charge in [0.2, 0.25) is 0 Å². The number of hydrogen-bond donors (Lipinski definition) is 0. The van der Waals surface area contributed by atoms with Gasteiger partial charge in [0.15, 0.2) is 0 Å². The van der Waals surface area contributed by atoms with E-state index in [-0.39, 0.29) is 0 Å². The Morgan fingerprint density at radius 1 is 1.35 bits per heavy atom. The van der Waals surface area contributed by atoms with Crippen molar-refractivity contribution in [3.63, 3.8) is 0 Å². The number of rotatable bonds is 3. The highest BCUT2D eigenvalue weighted by Crippen LogP contribution is 2.25. The number of imidazole rings is 1. The fourth-order valence-corrected chi connectivity index (χ4v) is 3.86. The summed E-state index contributed by atoms with van der Waals surface area (Å²) in [6.07, 6.45) is 3.89. The molecule has 0 aliphatic rings. The van der Waals surface area contributed by atoms with E-state index >= 15 is 0 Å². The molecule has 0 N–H and O–H groups in total. The van der Waals surface area contributed by atoms with Crippen LogP contribution in [0.2, 0.25) is 0 Å². The van der Waals surface area contributed by atoms with Crippen LogP contribution in [-0.4, -0.2) is 9.55 Å². The van der Waals surface area contributed by atoms with Gasteiger partial charge in [0, 0.05) is 27.1 Å². The minimum absolute atomic E-state index is 0.878. The molecule has 0 aliphatic carbocycles. The van der Waals surface area contributed by atoms with Gasteiger partial charge >= 0.3 is 0 Å². The van der Waals surface area contributed by atoms with E-state index in [4.69, 9.17) is 0 Å². The van der Waals surface area contributed by atoms with Gasteiger partial charge in [0.05, 0.1) is 11.4 Å². The van der Waals surface area contributed by atoms with Crippen molar-refractivity contribution in [2.75, 3.05) is 0 Å². The van der Waals surface area contributed by atoms with E-state index in [1.165, 1.54) is 9.75 Å². The lowest BCUT2D eigenvalue weighted by Gasteiger charge is -2.04. The molecule has 3 aromatic rings. The van der Waals surface area contributed by atoms with Crippen molar-refractivity contribution < 1.29 is 0 Å². The predicted octanol–water partition coefficient (Wildman–Crippen LogP) is 4.48. The Morgan fingerprint density at radius 3 is 3.00 bits per heavy atom. The molecule has 0 saturated carbocycles. The largest absolute Gasteiger partial charge is 0.325 e. The van der Waals surface area contributed by atoms with Gasteiger partial charge in [-0.2, -0.15) is 0 Å². The maximum absolute atomic E-state index is 4.43. The average molecular weight is 325 g/mol. The molecule has 0 radical (unpaired) electrons. The second-order valence-corrected chi connectivity index (χ2v) is 6.45. The van der Waals surface area contributed by atoms with Gasteiger partial charge < -0.3 is 4.57 Å². The van der Waals surface area contributed by atoms with Crippen LogP contribution in [0.15, 0.2) is 45.8 Å². The van der Waals surface area contributed by atoms with E-state index in [1.807, 2.05) is 12.4 Å². The molecule has 0 aromatic carbocycles. The number of nitrogens with zero attached hydrogens (tertiary/aromatic N) is 2. The highest BCUT2D eigenvalue weighted by atomic mass is 79.9. The van der Waals surface area contributed by atoms with E-state index < -0.39 is 0 Å². The summed E-state index contributed by atoms with van der Waals surface area (Å²) in [5, 5.41) is 4.19. The standard InChI is InChI=1S/C12H9BrN2S2/c13-9-6-10(17-8-9)7-15-4-3-14-12(15)11-2-1-5-16-11/h1-6,8H,7H2. The second kappa shape index (κ2) is 4.76.